The molecule has 1 aromatic heterocycles. The molecule has 3 aromatic rings. The Hall–Kier alpha value is -2.70. The highest BCUT2D eigenvalue weighted by atomic mass is 35.5. The summed E-state index contributed by atoms with van der Waals surface area (Å²) in [5.41, 5.74) is 2.83. The minimum Gasteiger partial charge on any atom is -0.352 e. The van der Waals surface area contributed by atoms with Crippen LogP contribution >= 0.6 is 22.9 Å². The summed E-state index contributed by atoms with van der Waals surface area (Å²) in [6, 6.07) is 17.4. The van der Waals surface area contributed by atoms with Gasteiger partial charge < -0.3 is 10.2 Å². The maximum absolute atomic E-state index is 13.2. The van der Waals surface area contributed by atoms with E-state index in [0.717, 1.165) is 34.7 Å². The van der Waals surface area contributed by atoms with E-state index in [1.165, 1.54) is 11.3 Å². The average Bonchev–Trinajstić information content (AvgIpc) is 3.24. The highest BCUT2D eigenvalue weighted by Crippen LogP contribution is 2.31. The molecule has 0 unspecified atom stereocenters. The summed E-state index contributed by atoms with van der Waals surface area (Å²) in [5.74, 6) is 0.275. The fraction of sp³-hybridized carbons (Fsp3) is 0.346. The van der Waals surface area contributed by atoms with Crippen molar-refractivity contribution in [2.75, 3.05) is 13.1 Å². The molecule has 1 fully saturated rings. The molecule has 0 aliphatic carbocycles. The van der Waals surface area contributed by atoms with Crippen LogP contribution in [0.1, 0.15) is 40.7 Å². The molecule has 33 heavy (non-hydrogen) atoms. The van der Waals surface area contributed by atoms with Gasteiger partial charge in [0, 0.05) is 36.1 Å². The van der Waals surface area contributed by atoms with Crippen LogP contribution in [-0.4, -0.2) is 34.8 Å². The number of benzene rings is 2. The molecule has 1 saturated heterocycles. The summed E-state index contributed by atoms with van der Waals surface area (Å²) in [5, 5.41) is 4.59. The predicted molar refractivity (Wildman–Crippen MR) is 133 cm³/mol. The maximum atomic E-state index is 13.2. The minimum absolute atomic E-state index is 0.0467. The van der Waals surface area contributed by atoms with Gasteiger partial charge in [-0.1, -0.05) is 61.0 Å². The van der Waals surface area contributed by atoms with Gasteiger partial charge in [-0.2, -0.15) is 0 Å². The minimum atomic E-state index is -0.0932. The molecule has 0 saturated carbocycles. The number of thiazole rings is 1. The van der Waals surface area contributed by atoms with E-state index in [9.17, 15) is 9.59 Å². The van der Waals surface area contributed by atoms with E-state index in [1.807, 2.05) is 73.3 Å². The number of likely N-dealkylation sites (tertiary alicyclic amines) is 1. The zero-order valence-electron chi connectivity index (χ0n) is 18.9. The zero-order valence-corrected chi connectivity index (χ0v) is 20.5. The van der Waals surface area contributed by atoms with Crippen LogP contribution in [0, 0.1) is 18.8 Å². The fourth-order valence-electron chi connectivity index (χ4n) is 4.21. The van der Waals surface area contributed by atoms with Gasteiger partial charge >= 0.3 is 0 Å². The van der Waals surface area contributed by atoms with Gasteiger partial charge in [0.25, 0.3) is 5.91 Å². The standard InChI is InChI=1S/C26H28ClN3O2S/c1-17(24(31)28-16-19-8-10-22(27)11-9-19)20-12-14-30(15-13-20)26(32)23-18(2)29-25(33-23)21-6-4-3-5-7-21/h3-11,17,20H,12-16H2,1-2H3,(H,28,31)/t17-/m0/s1. The van der Waals surface area contributed by atoms with Gasteiger partial charge in [-0.15, -0.1) is 11.3 Å². The number of rotatable bonds is 6. The van der Waals surface area contributed by atoms with Crippen molar-refractivity contribution in [3.05, 3.63) is 75.8 Å². The van der Waals surface area contributed by atoms with E-state index in [0.29, 0.717) is 29.5 Å². The van der Waals surface area contributed by atoms with Crippen LogP contribution in [0.4, 0.5) is 0 Å². The third kappa shape index (κ3) is 5.63. The van der Waals surface area contributed by atoms with Crippen molar-refractivity contribution in [1.82, 2.24) is 15.2 Å². The first-order valence-corrected chi connectivity index (χ1v) is 12.5. The molecule has 1 N–H and O–H groups in total. The summed E-state index contributed by atoms with van der Waals surface area (Å²) in [6.45, 7) is 5.70. The van der Waals surface area contributed by atoms with Crippen LogP contribution in [-0.2, 0) is 11.3 Å². The Morgan fingerprint density at radius 1 is 1.12 bits per heavy atom. The Kier molecular flexibility index (Phi) is 7.46. The number of aromatic nitrogens is 1. The van der Waals surface area contributed by atoms with Crippen molar-refractivity contribution in [2.24, 2.45) is 11.8 Å². The predicted octanol–water partition coefficient (Wildman–Crippen LogP) is 5.58. The Morgan fingerprint density at radius 3 is 2.45 bits per heavy atom. The lowest BCUT2D eigenvalue weighted by molar-refractivity contribution is -0.126. The molecule has 5 nitrogen and oxygen atoms in total. The average molecular weight is 482 g/mol. The lowest BCUT2D eigenvalue weighted by Gasteiger charge is -2.34. The molecule has 172 valence electrons. The number of nitrogens with one attached hydrogen (secondary N) is 1. The van der Waals surface area contributed by atoms with E-state index in [-0.39, 0.29) is 23.7 Å². The first kappa shape index (κ1) is 23.5. The van der Waals surface area contributed by atoms with Crippen LogP contribution in [0.3, 0.4) is 0 Å². The monoisotopic (exact) mass is 481 g/mol. The Labute approximate surface area is 203 Å². The van der Waals surface area contributed by atoms with Gasteiger partial charge in [0.05, 0.1) is 5.69 Å². The number of aryl methyl sites for hydroxylation is 1. The highest BCUT2D eigenvalue weighted by molar-refractivity contribution is 7.17. The Balaban J connectivity index is 1.31. The van der Waals surface area contributed by atoms with Crippen LogP contribution in [0.2, 0.25) is 5.02 Å². The number of nitrogens with zero attached hydrogens (tertiary/aromatic N) is 2. The van der Waals surface area contributed by atoms with Crippen molar-refractivity contribution in [3.8, 4) is 10.6 Å². The molecular formula is C26H28ClN3O2S. The number of amides is 2. The fourth-order valence-corrected chi connectivity index (χ4v) is 5.38. The Morgan fingerprint density at radius 2 is 1.79 bits per heavy atom. The number of halogens is 1. The van der Waals surface area contributed by atoms with Crippen LogP contribution in [0.5, 0.6) is 0 Å². The van der Waals surface area contributed by atoms with Gasteiger partial charge in [0.2, 0.25) is 5.91 Å². The highest BCUT2D eigenvalue weighted by Gasteiger charge is 2.31. The van der Waals surface area contributed by atoms with Gasteiger partial charge in [0.1, 0.15) is 9.88 Å². The molecule has 1 aliphatic rings. The molecule has 7 heteroatoms. The van der Waals surface area contributed by atoms with E-state index in [1.54, 1.807) is 0 Å². The Bertz CT molecular complexity index is 1110. The van der Waals surface area contributed by atoms with Crippen molar-refractivity contribution in [3.63, 3.8) is 0 Å². The normalized spacial score (nSPS) is 15.3. The van der Waals surface area contributed by atoms with Crippen LogP contribution < -0.4 is 5.32 Å². The van der Waals surface area contributed by atoms with Crippen molar-refractivity contribution < 1.29 is 9.59 Å². The first-order valence-electron chi connectivity index (χ1n) is 11.3. The number of hydrogen-bond acceptors (Lipinski definition) is 4. The molecule has 2 aromatic carbocycles. The number of piperidine rings is 1. The second kappa shape index (κ2) is 10.5. The SMILES string of the molecule is Cc1nc(-c2ccccc2)sc1C(=O)N1CCC([C@H](C)C(=O)NCc2ccc(Cl)cc2)CC1. The van der Waals surface area contributed by atoms with Gasteiger partial charge in [-0.05, 0) is 43.4 Å². The molecular weight excluding hydrogens is 454 g/mol. The van der Waals surface area contributed by atoms with Crippen molar-refractivity contribution in [1.29, 1.82) is 0 Å². The lowest BCUT2D eigenvalue weighted by Crippen LogP contribution is -2.42. The second-order valence-electron chi connectivity index (χ2n) is 8.56. The smallest absolute Gasteiger partial charge is 0.265 e. The second-order valence-corrected chi connectivity index (χ2v) is 10.00. The lowest BCUT2D eigenvalue weighted by atomic mass is 9.84. The van der Waals surface area contributed by atoms with E-state index >= 15 is 0 Å². The van der Waals surface area contributed by atoms with Crippen molar-refractivity contribution in [2.45, 2.75) is 33.2 Å². The van der Waals surface area contributed by atoms with Gasteiger partial charge in [-0.25, -0.2) is 4.98 Å². The van der Waals surface area contributed by atoms with Crippen LogP contribution in [0.15, 0.2) is 54.6 Å². The molecule has 1 aliphatic heterocycles. The molecule has 0 spiro atoms. The van der Waals surface area contributed by atoms with E-state index in [2.05, 4.69) is 10.3 Å². The van der Waals surface area contributed by atoms with Gasteiger partial charge in [-0.3, -0.25) is 9.59 Å². The third-order valence-corrected chi connectivity index (χ3v) is 7.79. The zero-order chi connectivity index (χ0) is 23.4. The summed E-state index contributed by atoms with van der Waals surface area (Å²) in [7, 11) is 0. The maximum Gasteiger partial charge on any atom is 0.265 e. The molecule has 4 rings (SSSR count). The number of carbonyl (C=O) groups excluding carboxylic acids is 2. The summed E-state index contributed by atoms with van der Waals surface area (Å²) in [4.78, 5) is 33.1. The van der Waals surface area contributed by atoms with Gasteiger partial charge in [0.15, 0.2) is 0 Å². The molecule has 2 amide bonds. The summed E-state index contributed by atoms with van der Waals surface area (Å²) < 4.78 is 0. The third-order valence-electron chi connectivity index (χ3n) is 6.34. The molecule has 0 radical (unpaired) electrons. The largest absolute Gasteiger partial charge is 0.352 e. The quantitative estimate of drug-likeness (QED) is 0.500. The summed E-state index contributed by atoms with van der Waals surface area (Å²) >= 11 is 7.38. The molecule has 2 heterocycles. The van der Waals surface area contributed by atoms with Crippen molar-refractivity contribution >= 4 is 34.8 Å². The van der Waals surface area contributed by atoms with Crippen LogP contribution in [0.25, 0.3) is 10.6 Å². The number of hydrogen-bond donors (Lipinski definition) is 1. The molecule has 0 bridgehead atoms. The van der Waals surface area contributed by atoms with E-state index in [4.69, 9.17) is 11.6 Å². The molecule has 1 atom stereocenters. The van der Waals surface area contributed by atoms with E-state index < -0.39 is 0 Å². The topological polar surface area (TPSA) is 62.3 Å². The first-order chi connectivity index (χ1) is 15.9. The number of carbonyl (C=O) groups is 2. The summed E-state index contributed by atoms with van der Waals surface area (Å²) in [6.07, 6.45) is 1.65.